The zero-order valence-electron chi connectivity index (χ0n) is 27.1. The molecule has 0 unspecified atom stereocenters. The monoisotopic (exact) mass is 574 g/mol. The Hall–Kier alpha value is -4.18. The molecule has 2 aromatic heterocycles. The van der Waals surface area contributed by atoms with Gasteiger partial charge in [0.05, 0.1) is 6.42 Å². The van der Waals surface area contributed by atoms with E-state index in [1.807, 2.05) is 0 Å². The molecule has 2 heterocycles. The summed E-state index contributed by atoms with van der Waals surface area (Å²) in [6, 6.07) is 22.1. The van der Waals surface area contributed by atoms with Crippen molar-refractivity contribution in [2.24, 2.45) is 0 Å². The van der Waals surface area contributed by atoms with Crippen LogP contribution in [0, 0.1) is 13.8 Å². The predicted octanol–water partition coefficient (Wildman–Crippen LogP) is 8.00. The molecule has 224 valence electrons. The lowest BCUT2D eigenvalue weighted by atomic mass is 10.1. The van der Waals surface area contributed by atoms with Gasteiger partial charge in [-0.05, 0) is 88.1 Å². The van der Waals surface area contributed by atoms with E-state index >= 15 is 0 Å². The molecule has 0 aliphatic rings. The standard InChI is InChI=1S/C39H50N4/c1-7-42(8-2)38-20-14-34(15-21-38)12-18-36-24-28-40(30-32(36)5)26-11-27-41-29-25-37(33(6)31-41)19-13-35-16-22-39(23-17-35)43(9-3)10-4/h12-25,28-31H,7-11,26-27H2,1-6H3/q+2. The third-order valence-corrected chi connectivity index (χ3v) is 8.31. The van der Waals surface area contributed by atoms with Gasteiger partial charge in [-0.15, -0.1) is 0 Å². The number of benzene rings is 2. The summed E-state index contributed by atoms with van der Waals surface area (Å²) in [5.41, 5.74) is 10.1. The maximum absolute atomic E-state index is 2.37. The van der Waals surface area contributed by atoms with E-state index in [9.17, 15) is 0 Å². The fourth-order valence-corrected chi connectivity index (χ4v) is 5.58. The highest BCUT2D eigenvalue weighted by molar-refractivity contribution is 5.72. The second-order valence-corrected chi connectivity index (χ2v) is 11.2. The van der Waals surface area contributed by atoms with E-state index in [-0.39, 0.29) is 0 Å². The Bertz CT molecular complexity index is 1380. The molecular formula is C39H50N4+2. The smallest absolute Gasteiger partial charge is 0.172 e. The van der Waals surface area contributed by atoms with E-state index in [4.69, 9.17) is 0 Å². The van der Waals surface area contributed by atoms with Crippen molar-refractivity contribution in [2.75, 3.05) is 36.0 Å². The number of rotatable bonds is 14. The number of aryl methyl sites for hydroxylation is 4. The number of nitrogens with zero attached hydrogens (tertiary/aromatic N) is 4. The average molecular weight is 575 g/mol. The van der Waals surface area contributed by atoms with Gasteiger partial charge in [-0.2, -0.15) is 0 Å². The van der Waals surface area contributed by atoms with Gasteiger partial charge < -0.3 is 9.80 Å². The molecule has 0 bridgehead atoms. The van der Waals surface area contributed by atoms with Gasteiger partial charge in [0.1, 0.15) is 0 Å². The van der Waals surface area contributed by atoms with Crippen molar-refractivity contribution in [2.45, 2.75) is 61.1 Å². The van der Waals surface area contributed by atoms with Gasteiger partial charge in [-0.25, -0.2) is 9.13 Å². The van der Waals surface area contributed by atoms with Crippen molar-refractivity contribution in [1.29, 1.82) is 0 Å². The molecule has 0 spiro atoms. The van der Waals surface area contributed by atoms with Gasteiger partial charge in [-0.1, -0.05) is 48.6 Å². The molecule has 0 radical (unpaired) electrons. The number of aromatic nitrogens is 2. The van der Waals surface area contributed by atoms with E-state index in [0.717, 1.165) is 45.7 Å². The van der Waals surface area contributed by atoms with Crippen molar-refractivity contribution < 1.29 is 9.13 Å². The number of hydrogen-bond acceptors (Lipinski definition) is 2. The first-order valence-electron chi connectivity index (χ1n) is 16.0. The third kappa shape index (κ3) is 8.90. The molecule has 4 heteroatoms. The zero-order valence-corrected chi connectivity index (χ0v) is 27.1. The number of hydrogen-bond donors (Lipinski definition) is 0. The van der Waals surface area contributed by atoms with Crippen LogP contribution in [0.4, 0.5) is 11.4 Å². The quantitative estimate of drug-likeness (QED) is 0.142. The van der Waals surface area contributed by atoms with Crippen LogP contribution in [0.1, 0.15) is 67.5 Å². The zero-order chi connectivity index (χ0) is 30.6. The van der Waals surface area contributed by atoms with Crippen LogP contribution in [0.2, 0.25) is 0 Å². The van der Waals surface area contributed by atoms with Crippen molar-refractivity contribution in [3.05, 3.63) is 119 Å². The summed E-state index contributed by atoms with van der Waals surface area (Å²) in [5.74, 6) is 0. The summed E-state index contributed by atoms with van der Waals surface area (Å²) >= 11 is 0. The van der Waals surface area contributed by atoms with E-state index < -0.39 is 0 Å². The Labute approximate surface area is 260 Å². The Morgan fingerprint density at radius 3 is 1.21 bits per heavy atom. The Morgan fingerprint density at radius 2 is 0.884 bits per heavy atom. The van der Waals surface area contributed by atoms with Crippen molar-refractivity contribution in [1.82, 2.24) is 0 Å². The van der Waals surface area contributed by atoms with Crippen molar-refractivity contribution in [3.63, 3.8) is 0 Å². The molecule has 4 rings (SSSR count). The average Bonchev–Trinajstić information content (AvgIpc) is 3.03. The molecule has 0 amide bonds. The highest BCUT2D eigenvalue weighted by atomic mass is 15.1. The van der Waals surface area contributed by atoms with Gasteiger partial charge in [0.25, 0.3) is 0 Å². The van der Waals surface area contributed by atoms with Crippen molar-refractivity contribution >= 4 is 35.7 Å². The molecule has 0 aliphatic heterocycles. The molecule has 4 nitrogen and oxygen atoms in total. The van der Waals surface area contributed by atoms with E-state index in [1.54, 1.807) is 0 Å². The normalized spacial score (nSPS) is 11.5. The van der Waals surface area contributed by atoms with Gasteiger partial charge in [0.15, 0.2) is 37.9 Å². The van der Waals surface area contributed by atoms with Gasteiger partial charge in [-0.3, -0.25) is 0 Å². The van der Waals surface area contributed by atoms with Crippen LogP contribution in [-0.4, -0.2) is 26.2 Å². The maximum Gasteiger partial charge on any atom is 0.172 e. The van der Waals surface area contributed by atoms with Gasteiger partial charge in [0.2, 0.25) is 0 Å². The van der Waals surface area contributed by atoms with Gasteiger partial charge >= 0.3 is 0 Å². The molecule has 0 N–H and O–H groups in total. The molecule has 0 fully saturated rings. The topological polar surface area (TPSA) is 14.2 Å². The molecule has 4 aromatic rings. The number of pyridine rings is 2. The minimum absolute atomic E-state index is 0.995. The van der Waals surface area contributed by atoms with Crippen LogP contribution >= 0.6 is 0 Å². The first-order valence-corrected chi connectivity index (χ1v) is 16.0. The van der Waals surface area contributed by atoms with Crippen LogP contribution in [0.15, 0.2) is 85.5 Å². The summed E-state index contributed by atoms with van der Waals surface area (Å²) in [6.07, 6.45) is 18.9. The Morgan fingerprint density at radius 1 is 0.512 bits per heavy atom. The minimum atomic E-state index is 0.995. The molecule has 43 heavy (non-hydrogen) atoms. The second-order valence-electron chi connectivity index (χ2n) is 11.2. The van der Waals surface area contributed by atoms with Crippen LogP contribution < -0.4 is 18.9 Å². The third-order valence-electron chi connectivity index (χ3n) is 8.31. The molecule has 2 aromatic carbocycles. The highest BCUT2D eigenvalue weighted by Crippen LogP contribution is 2.18. The Kier molecular flexibility index (Phi) is 11.7. The number of anilines is 2. The van der Waals surface area contributed by atoms with Gasteiger partial charge in [0, 0.05) is 60.8 Å². The molecule has 0 saturated carbocycles. The first kappa shape index (κ1) is 31.7. The summed E-state index contributed by atoms with van der Waals surface area (Å²) in [4.78, 5) is 4.74. The summed E-state index contributed by atoms with van der Waals surface area (Å²) in [6.45, 7) is 19.3. The van der Waals surface area contributed by atoms with Crippen LogP contribution in [-0.2, 0) is 13.1 Å². The van der Waals surface area contributed by atoms with Crippen LogP contribution in [0.25, 0.3) is 24.3 Å². The van der Waals surface area contributed by atoms with E-state index in [2.05, 4.69) is 170 Å². The summed E-state index contributed by atoms with van der Waals surface area (Å²) in [5, 5.41) is 0. The minimum Gasteiger partial charge on any atom is -0.372 e. The lowest BCUT2D eigenvalue weighted by Crippen LogP contribution is -2.39. The van der Waals surface area contributed by atoms with Crippen molar-refractivity contribution in [3.8, 4) is 0 Å². The molecule has 0 saturated heterocycles. The van der Waals surface area contributed by atoms with Crippen LogP contribution in [0.5, 0.6) is 0 Å². The summed E-state index contributed by atoms with van der Waals surface area (Å²) in [7, 11) is 0. The summed E-state index contributed by atoms with van der Waals surface area (Å²) < 4.78 is 4.61. The Balaban J connectivity index is 1.28. The lowest BCUT2D eigenvalue weighted by molar-refractivity contribution is -0.727. The maximum atomic E-state index is 2.37. The fourth-order valence-electron chi connectivity index (χ4n) is 5.58. The second kappa shape index (κ2) is 15.9. The molecule has 0 aliphatic carbocycles. The highest BCUT2D eigenvalue weighted by Gasteiger charge is 2.09. The van der Waals surface area contributed by atoms with E-state index in [1.165, 1.54) is 44.8 Å². The molecule has 0 atom stereocenters. The van der Waals surface area contributed by atoms with Crippen LogP contribution in [0.3, 0.4) is 0 Å². The largest absolute Gasteiger partial charge is 0.372 e. The van der Waals surface area contributed by atoms with E-state index in [0.29, 0.717) is 0 Å². The fraction of sp³-hybridized carbons (Fsp3) is 0.333. The predicted molar refractivity (Wildman–Crippen MR) is 185 cm³/mol. The SMILES string of the molecule is CCN(CC)c1ccc(/C=C/c2cc[n+](CCC[n+]3ccc(/C=C/c4ccc(N(CC)CC)cc4)c(C)c3)cc2C)cc1. The lowest BCUT2D eigenvalue weighted by Gasteiger charge is -2.20. The molecular weight excluding hydrogens is 524 g/mol. The first-order chi connectivity index (χ1) is 20.9.